The number of aryl methyl sites for hydroxylation is 1. The van der Waals surface area contributed by atoms with E-state index in [4.69, 9.17) is 11.6 Å². The van der Waals surface area contributed by atoms with Gasteiger partial charge >= 0.3 is 0 Å². The van der Waals surface area contributed by atoms with Gasteiger partial charge in [0.25, 0.3) is 0 Å². The summed E-state index contributed by atoms with van der Waals surface area (Å²) >= 11 is 5.71. The molecule has 0 bridgehead atoms. The molecule has 0 saturated heterocycles. The maximum absolute atomic E-state index is 11.6. The minimum atomic E-state index is 0.142. The minimum absolute atomic E-state index is 0.142. The fourth-order valence-electron chi connectivity index (χ4n) is 2.99. The van der Waals surface area contributed by atoms with Gasteiger partial charge in [0.2, 0.25) is 0 Å². The Morgan fingerprint density at radius 3 is 2.33 bits per heavy atom. The largest absolute Gasteiger partial charge is 0.300 e. The summed E-state index contributed by atoms with van der Waals surface area (Å²) in [7, 11) is 0. The molecule has 0 spiro atoms. The zero-order valence-electron chi connectivity index (χ0n) is 13.5. The maximum Gasteiger partial charge on any atom is 0.130 e. The molecule has 118 valence electrons. The first kappa shape index (κ1) is 18.2. The van der Waals surface area contributed by atoms with Crippen molar-refractivity contribution in [3.63, 3.8) is 0 Å². The van der Waals surface area contributed by atoms with Crippen LogP contribution >= 0.6 is 11.6 Å². The summed E-state index contributed by atoms with van der Waals surface area (Å²) in [6, 6.07) is 10.6. The molecule has 0 radical (unpaired) electrons. The molecule has 0 saturated carbocycles. The van der Waals surface area contributed by atoms with E-state index >= 15 is 0 Å². The lowest BCUT2D eigenvalue weighted by Crippen LogP contribution is -2.21. The van der Waals surface area contributed by atoms with Gasteiger partial charge in [-0.3, -0.25) is 0 Å². The number of hydrogen-bond donors (Lipinski definition) is 0. The van der Waals surface area contributed by atoms with Crippen LogP contribution in [-0.2, 0) is 11.2 Å². The van der Waals surface area contributed by atoms with E-state index in [1.165, 1.54) is 24.8 Å². The van der Waals surface area contributed by atoms with Gasteiger partial charge in [0.15, 0.2) is 0 Å². The predicted molar refractivity (Wildman–Crippen MR) is 92.0 cm³/mol. The molecule has 0 fully saturated rings. The standard InChI is InChI=1S/C19H29ClO/c1-17(21)16-19(2,13-8-3-4-9-15-20)14-12-18-10-6-5-7-11-18/h5-7,10-11H,3-4,8-9,12-16H2,1-2H3. The molecule has 1 nitrogen and oxygen atoms in total. The maximum atomic E-state index is 11.6. The molecule has 0 aromatic heterocycles. The van der Waals surface area contributed by atoms with Crippen LogP contribution in [0, 0.1) is 5.41 Å². The number of benzene rings is 1. The average molecular weight is 309 g/mol. The van der Waals surface area contributed by atoms with Crippen molar-refractivity contribution >= 4 is 17.4 Å². The van der Waals surface area contributed by atoms with Crippen LogP contribution < -0.4 is 0 Å². The van der Waals surface area contributed by atoms with Crippen LogP contribution in [0.25, 0.3) is 0 Å². The highest BCUT2D eigenvalue weighted by atomic mass is 35.5. The molecule has 1 atom stereocenters. The molecule has 0 aliphatic carbocycles. The van der Waals surface area contributed by atoms with Gasteiger partial charge in [-0.1, -0.05) is 56.5 Å². The molecular weight excluding hydrogens is 280 g/mol. The minimum Gasteiger partial charge on any atom is -0.300 e. The Morgan fingerprint density at radius 1 is 1.05 bits per heavy atom. The Morgan fingerprint density at radius 2 is 1.71 bits per heavy atom. The lowest BCUT2D eigenvalue weighted by Gasteiger charge is -2.29. The molecule has 2 heteroatoms. The number of carbonyl (C=O) groups is 1. The first-order valence-corrected chi connectivity index (χ1v) is 8.68. The number of hydrogen-bond acceptors (Lipinski definition) is 1. The Hall–Kier alpha value is -0.820. The SMILES string of the molecule is CC(=O)CC(C)(CCCCCCCl)CCc1ccccc1. The third kappa shape index (κ3) is 8.26. The van der Waals surface area contributed by atoms with Gasteiger partial charge in [0.1, 0.15) is 5.78 Å². The number of unbranched alkanes of at least 4 members (excludes halogenated alkanes) is 3. The number of ketones is 1. The molecule has 1 aromatic carbocycles. The molecule has 0 amide bonds. The van der Waals surface area contributed by atoms with E-state index in [1.54, 1.807) is 6.92 Å². The summed E-state index contributed by atoms with van der Waals surface area (Å²) in [6.45, 7) is 3.99. The normalized spacial score (nSPS) is 13.9. The van der Waals surface area contributed by atoms with E-state index in [0.717, 1.165) is 31.6 Å². The molecule has 1 rings (SSSR count). The first-order chi connectivity index (χ1) is 10.1. The van der Waals surface area contributed by atoms with Crippen LogP contribution in [0.4, 0.5) is 0 Å². The highest BCUT2D eigenvalue weighted by molar-refractivity contribution is 6.17. The molecule has 21 heavy (non-hydrogen) atoms. The summed E-state index contributed by atoms with van der Waals surface area (Å²) in [4.78, 5) is 11.6. The van der Waals surface area contributed by atoms with E-state index in [9.17, 15) is 4.79 Å². The third-order valence-electron chi connectivity index (χ3n) is 4.20. The van der Waals surface area contributed by atoms with Gasteiger partial charge in [0.05, 0.1) is 0 Å². The molecule has 0 aliphatic rings. The Bertz CT molecular complexity index is 401. The summed E-state index contributed by atoms with van der Waals surface area (Å²) < 4.78 is 0. The number of halogens is 1. The van der Waals surface area contributed by atoms with Crippen LogP contribution in [0.3, 0.4) is 0 Å². The molecule has 1 aromatic rings. The highest BCUT2D eigenvalue weighted by Crippen LogP contribution is 2.34. The number of carbonyl (C=O) groups excluding carboxylic acids is 1. The van der Waals surface area contributed by atoms with Crippen LogP contribution in [0.2, 0.25) is 0 Å². The van der Waals surface area contributed by atoms with E-state index in [-0.39, 0.29) is 5.41 Å². The van der Waals surface area contributed by atoms with Crippen molar-refractivity contribution in [1.29, 1.82) is 0 Å². The summed E-state index contributed by atoms with van der Waals surface area (Å²) in [5, 5.41) is 0. The molecule has 0 heterocycles. The second kappa shape index (κ2) is 10.00. The second-order valence-electron chi connectivity index (χ2n) is 6.53. The summed E-state index contributed by atoms with van der Waals surface area (Å²) in [5.74, 6) is 1.07. The first-order valence-electron chi connectivity index (χ1n) is 8.15. The monoisotopic (exact) mass is 308 g/mol. The summed E-state index contributed by atoms with van der Waals surface area (Å²) in [6.07, 6.45) is 8.74. The number of rotatable bonds is 11. The number of alkyl halides is 1. The zero-order valence-corrected chi connectivity index (χ0v) is 14.3. The zero-order chi connectivity index (χ0) is 15.6. The van der Waals surface area contributed by atoms with Crippen molar-refractivity contribution in [2.24, 2.45) is 5.41 Å². The van der Waals surface area contributed by atoms with Gasteiger partial charge in [-0.2, -0.15) is 0 Å². The smallest absolute Gasteiger partial charge is 0.130 e. The average Bonchev–Trinajstić information content (AvgIpc) is 2.45. The fourth-order valence-corrected chi connectivity index (χ4v) is 3.18. The Labute approximate surface area is 135 Å². The van der Waals surface area contributed by atoms with Crippen LogP contribution in [0.5, 0.6) is 0 Å². The van der Waals surface area contributed by atoms with E-state index in [2.05, 4.69) is 37.3 Å². The second-order valence-corrected chi connectivity index (χ2v) is 6.91. The molecule has 0 aliphatic heterocycles. The third-order valence-corrected chi connectivity index (χ3v) is 4.47. The van der Waals surface area contributed by atoms with Crippen molar-refractivity contribution in [2.75, 3.05) is 5.88 Å². The lowest BCUT2D eigenvalue weighted by molar-refractivity contribution is -0.119. The van der Waals surface area contributed by atoms with Crippen molar-refractivity contribution in [3.05, 3.63) is 35.9 Å². The van der Waals surface area contributed by atoms with E-state index in [0.29, 0.717) is 12.2 Å². The van der Waals surface area contributed by atoms with Gasteiger partial charge in [-0.25, -0.2) is 0 Å². The van der Waals surface area contributed by atoms with E-state index < -0.39 is 0 Å². The fraction of sp³-hybridized carbons (Fsp3) is 0.632. The van der Waals surface area contributed by atoms with E-state index in [1.807, 2.05) is 0 Å². The number of Topliss-reactive ketones (excluding diaryl/α,β-unsaturated/α-hetero) is 1. The van der Waals surface area contributed by atoms with Crippen molar-refractivity contribution in [1.82, 2.24) is 0 Å². The van der Waals surface area contributed by atoms with Gasteiger partial charge in [0, 0.05) is 12.3 Å². The predicted octanol–water partition coefficient (Wildman–Crippen LogP) is 5.79. The molecular formula is C19H29ClO. The lowest BCUT2D eigenvalue weighted by atomic mass is 9.76. The van der Waals surface area contributed by atoms with Crippen molar-refractivity contribution in [2.45, 2.75) is 65.2 Å². The Balaban J connectivity index is 2.46. The van der Waals surface area contributed by atoms with Crippen LogP contribution in [-0.4, -0.2) is 11.7 Å². The van der Waals surface area contributed by atoms with Gasteiger partial charge < -0.3 is 4.79 Å². The Kier molecular flexibility index (Phi) is 8.68. The molecule has 0 N–H and O–H groups in total. The molecule has 1 unspecified atom stereocenters. The highest BCUT2D eigenvalue weighted by Gasteiger charge is 2.25. The van der Waals surface area contributed by atoms with Crippen LogP contribution in [0.1, 0.15) is 64.4 Å². The quantitative estimate of drug-likeness (QED) is 0.373. The van der Waals surface area contributed by atoms with Crippen LogP contribution in [0.15, 0.2) is 30.3 Å². The van der Waals surface area contributed by atoms with Gasteiger partial charge in [-0.05, 0) is 43.6 Å². The van der Waals surface area contributed by atoms with Crippen molar-refractivity contribution < 1.29 is 4.79 Å². The topological polar surface area (TPSA) is 17.1 Å². The summed E-state index contributed by atoms with van der Waals surface area (Å²) in [5.41, 5.74) is 1.51. The van der Waals surface area contributed by atoms with Crippen molar-refractivity contribution in [3.8, 4) is 0 Å². The van der Waals surface area contributed by atoms with Gasteiger partial charge in [-0.15, -0.1) is 11.6 Å².